The Morgan fingerprint density at radius 1 is 0.711 bits per heavy atom. The van der Waals surface area contributed by atoms with Crippen molar-refractivity contribution < 1.29 is 35.8 Å². The Hall–Kier alpha value is -3.00. The number of hydrogen-bond donors (Lipinski definition) is 0. The topological polar surface area (TPSA) is 18.5 Å². The van der Waals surface area contributed by atoms with Gasteiger partial charge >= 0.3 is 0 Å². The molecule has 0 radical (unpaired) electrons. The minimum Gasteiger partial charge on any atom is -0.491 e. The van der Waals surface area contributed by atoms with E-state index in [1.54, 1.807) is 6.92 Å². The molecule has 1 fully saturated rings. The van der Waals surface area contributed by atoms with E-state index in [9.17, 15) is 13.2 Å². The fourth-order valence-electron chi connectivity index (χ4n) is 4.98. The molecule has 1 aliphatic heterocycles. The second-order valence-electron chi connectivity index (χ2n) is 9.53. The number of ether oxygens (including phenoxy) is 2. The summed E-state index contributed by atoms with van der Waals surface area (Å²) in [5.41, 5.74) is -0.780. The molecule has 2 nitrogen and oxygen atoms in total. The number of benzene rings is 3. The van der Waals surface area contributed by atoms with Gasteiger partial charge in [-0.25, -0.2) is 22.0 Å². The van der Waals surface area contributed by atoms with Crippen molar-refractivity contribution in [3.63, 3.8) is 0 Å². The molecule has 0 N–H and O–H groups in total. The van der Waals surface area contributed by atoms with Crippen LogP contribution in [0.4, 0.5) is 26.3 Å². The van der Waals surface area contributed by atoms with E-state index in [4.69, 9.17) is 9.47 Å². The Morgan fingerprint density at radius 3 is 1.92 bits per heavy atom. The smallest absolute Gasteiger partial charge is 0.200 e. The molecule has 1 saturated heterocycles. The van der Waals surface area contributed by atoms with E-state index >= 15 is 13.2 Å². The van der Waals surface area contributed by atoms with Crippen molar-refractivity contribution in [1.29, 1.82) is 0 Å². The number of hydrogen-bond acceptors (Lipinski definition) is 2. The van der Waals surface area contributed by atoms with Gasteiger partial charge < -0.3 is 9.47 Å². The van der Waals surface area contributed by atoms with Crippen molar-refractivity contribution in [2.24, 2.45) is 0 Å². The fraction of sp³-hybridized carbons (Fsp3) is 0.400. The predicted molar refractivity (Wildman–Crippen MR) is 133 cm³/mol. The summed E-state index contributed by atoms with van der Waals surface area (Å²) >= 11 is 0. The van der Waals surface area contributed by atoms with Gasteiger partial charge in [0, 0.05) is 17.0 Å². The molecule has 1 aliphatic rings. The van der Waals surface area contributed by atoms with Crippen LogP contribution >= 0.6 is 0 Å². The van der Waals surface area contributed by atoms with Crippen molar-refractivity contribution in [2.75, 3.05) is 13.2 Å². The Bertz CT molecular complexity index is 1280. The highest BCUT2D eigenvalue weighted by Gasteiger charge is 2.28. The zero-order valence-corrected chi connectivity index (χ0v) is 21.4. The van der Waals surface area contributed by atoms with Gasteiger partial charge in [0.2, 0.25) is 5.82 Å². The first-order chi connectivity index (χ1) is 18.3. The Labute approximate surface area is 218 Å². The third-order valence-electron chi connectivity index (χ3n) is 7.08. The molecular formula is C30H30F6O2. The van der Waals surface area contributed by atoms with Crippen molar-refractivity contribution in [3.8, 4) is 16.9 Å². The SMILES string of the molecule is CCCC1CCC(c2ccc(-c3ccc(CCc4ccc(OCC)c(F)c4F)c(F)c3F)c(F)c2F)CO1. The molecule has 1 heterocycles. The summed E-state index contributed by atoms with van der Waals surface area (Å²) in [5, 5.41) is 0. The van der Waals surface area contributed by atoms with E-state index < -0.39 is 46.0 Å². The van der Waals surface area contributed by atoms with Crippen LogP contribution in [0.15, 0.2) is 36.4 Å². The minimum absolute atomic E-state index is 0.0220. The Kier molecular flexibility index (Phi) is 9.03. The van der Waals surface area contributed by atoms with Gasteiger partial charge in [-0.05, 0) is 61.8 Å². The summed E-state index contributed by atoms with van der Waals surface area (Å²) in [6, 6.07) is 7.66. The highest BCUT2D eigenvalue weighted by atomic mass is 19.2. The Morgan fingerprint density at radius 2 is 1.32 bits per heavy atom. The average Bonchev–Trinajstić information content (AvgIpc) is 2.91. The lowest BCUT2D eigenvalue weighted by molar-refractivity contribution is -0.00181. The summed E-state index contributed by atoms with van der Waals surface area (Å²) in [7, 11) is 0. The van der Waals surface area contributed by atoms with Gasteiger partial charge in [0.15, 0.2) is 34.8 Å². The molecule has 3 aromatic rings. The molecule has 0 aromatic heterocycles. The highest BCUT2D eigenvalue weighted by Crippen LogP contribution is 2.36. The van der Waals surface area contributed by atoms with E-state index in [0.29, 0.717) is 6.42 Å². The van der Waals surface area contributed by atoms with Crippen LogP contribution in [0.25, 0.3) is 11.1 Å². The van der Waals surface area contributed by atoms with Gasteiger partial charge in [-0.3, -0.25) is 0 Å². The lowest BCUT2D eigenvalue weighted by Crippen LogP contribution is -2.25. The second-order valence-corrected chi connectivity index (χ2v) is 9.53. The molecule has 0 bridgehead atoms. The van der Waals surface area contributed by atoms with Crippen molar-refractivity contribution in [2.45, 2.75) is 64.4 Å². The van der Waals surface area contributed by atoms with Crippen LogP contribution in [-0.4, -0.2) is 19.3 Å². The fourth-order valence-corrected chi connectivity index (χ4v) is 4.98. The summed E-state index contributed by atoms with van der Waals surface area (Å²) in [6.45, 7) is 4.13. The maximum absolute atomic E-state index is 15.1. The summed E-state index contributed by atoms with van der Waals surface area (Å²) in [4.78, 5) is 0. The van der Waals surface area contributed by atoms with E-state index in [1.165, 1.54) is 36.4 Å². The maximum Gasteiger partial charge on any atom is 0.200 e. The first-order valence-electron chi connectivity index (χ1n) is 12.9. The molecular weight excluding hydrogens is 506 g/mol. The Balaban J connectivity index is 1.52. The lowest BCUT2D eigenvalue weighted by Gasteiger charge is -2.29. The van der Waals surface area contributed by atoms with Crippen molar-refractivity contribution in [3.05, 3.63) is 88.0 Å². The number of rotatable bonds is 9. The second kappa shape index (κ2) is 12.2. The third-order valence-corrected chi connectivity index (χ3v) is 7.08. The standard InChI is InChI=1S/C30H30F6O2/c1-3-5-20-11-8-19(16-38-20)21-13-14-23(29(35)27(21)33)22-12-9-17(25(31)28(22)34)6-7-18-10-15-24(37-4-2)30(36)26(18)32/h9-10,12-15,19-20H,3-8,11,16H2,1-2H3. The molecule has 0 amide bonds. The molecule has 0 spiro atoms. The van der Waals surface area contributed by atoms with E-state index in [0.717, 1.165) is 19.3 Å². The quantitative estimate of drug-likeness (QED) is 0.256. The highest BCUT2D eigenvalue weighted by molar-refractivity contribution is 5.66. The number of aryl methyl sites for hydroxylation is 2. The van der Waals surface area contributed by atoms with Gasteiger partial charge in [0.05, 0.1) is 19.3 Å². The first-order valence-corrected chi connectivity index (χ1v) is 12.9. The van der Waals surface area contributed by atoms with Crippen molar-refractivity contribution >= 4 is 0 Å². The van der Waals surface area contributed by atoms with Crippen LogP contribution in [0.2, 0.25) is 0 Å². The van der Waals surface area contributed by atoms with Crippen LogP contribution in [0, 0.1) is 34.9 Å². The van der Waals surface area contributed by atoms with Gasteiger partial charge in [-0.1, -0.05) is 43.7 Å². The molecule has 38 heavy (non-hydrogen) atoms. The molecule has 0 saturated carbocycles. The zero-order valence-electron chi connectivity index (χ0n) is 21.4. The van der Waals surface area contributed by atoms with Crippen LogP contribution in [0.3, 0.4) is 0 Å². The van der Waals surface area contributed by atoms with Gasteiger partial charge in [-0.2, -0.15) is 4.39 Å². The van der Waals surface area contributed by atoms with E-state index in [-0.39, 0.29) is 60.5 Å². The molecule has 204 valence electrons. The summed E-state index contributed by atoms with van der Waals surface area (Å²) in [5.74, 6) is -7.74. The van der Waals surface area contributed by atoms with E-state index in [1.807, 2.05) is 0 Å². The largest absolute Gasteiger partial charge is 0.491 e. The van der Waals surface area contributed by atoms with Crippen molar-refractivity contribution in [1.82, 2.24) is 0 Å². The minimum atomic E-state index is -1.34. The molecule has 2 atom stereocenters. The van der Waals surface area contributed by atoms with Gasteiger partial charge in [0.25, 0.3) is 0 Å². The zero-order chi connectivity index (χ0) is 27.4. The summed E-state index contributed by atoms with van der Waals surface area (Å²) < 4.78 is 99.2. The van der Waals surface area contributed by atoms with Gasteiger partial charge in [0.1, 0.15) is 0 Å². The number of halogens is 6. The van der Waals surface area contributed by atoms with Crippen LogP contribution in [0.5, 0.6) is 5.75 Å². The predicted octanol–water partition coefficient (Wildman–Crippen LogP) is 8.43. The monoisotopic (exact) mass is 536 g/mol. The van der Waals surface area contributed by atoms with Crippen LogP contribution in [-0.2, 0) is 17.6 Å². The average molecular weight is 537 g/mol. The molecule has 2 unspecified atom stereocenters. The van der Waals surface area contributed by atoms with Crippen LogP contribution in [0.1, 0.15) is 62.1 Å². The third kappa shape index (κ3) is 5.70. The summed E-state index contributed by atoms with van der Waals surface area (Å²) in [6.07, 6.45) is 3.16. The first kappa shape index (κ1) is 28.0. The molecule has 3 aromatic carbocycles. The van der Waals surface area contributed by atoms with E-state index in [2.05, 4.69) is 6.92 Å². The van der Waals surface area contributed by atoms with Gasteiger partial charge in [-0.15, -0.1) is 0 Å². The lowest BCUT2D eigenvalue weighted by atomic mass is 9.88. The molecule has 4 rings (SSSR count). The normalized spacial score (nSPS) is 17.6. The molecule has 8 heteroatoms. The maximum atomic E-state index is 15.1. The van der Waals surface area contributed by atoms with Crippen LogP contribution < -0.4 is 4.74 Å². The molecule has 0 aliphatic carbocycles.